The lowest BCUT2D eigenvalue weighted by atomic mass is 10.0. The highest BCUT2D eigenvalue weighted by molar-refractivity contribution is 5.88. The van der Waals surface area contributed by atoms with Gasteiger partial charge in [0, 0.05) is 31.2 Å². The first-order valence-corrected chi connectivity index (χ1v) is 7.58. The Morgan fingerprint density at radius 2 is 1.90 bits per heavy atom. The Hall–Kier alpha value is -1.39. The van der Waals surface area contributed by atoms with Crippen molar-refractivity contribution >= 4 is 11.6 Å². The Kier molecular flexibility index (Phi) is 6.85. The molecule has 4 nitrogen and oxygen atoms in total. The molecule has 0 aliphatic carbocycles. The van der Waals surface area contributed by atoms with Crippen LogP contribution in [-0.2, 0) is 4.79 Å². The van der Waals surface area contributed by atoms with E-state index in [0.717, 1.165) is 12.2 Å². The van der Waals surface area contributed by atoms with Crippen LogP contribution >= 0.6 is 0 Å². The van der Waals surface area contributed by atoms with E-state index in [1.165, 1.54) is 12.5 Å². The van der Waals surface area contributed by atoms with Crippen molar-refractivity contribution < 1.29 is 4.79 Å². The largest absolute Gasteiger partial charge is 0.326 e. The van der Waals surface area contributed by atoms with Gasteiger partial charge in [0.25, 0.3) is 0 Å². The van der Waals surface area contributed by atoms with Crippen LogP contribution in [0.4, 0.5) is 5.69 Å². The molecule has 0 heterocycles. The highest BCUT2D eigenvalue weighted by atomic mass is 16.1. The molecule has 0 saturated heterocycles. The third kappa shape index (κ3) is 6.27. The highest BCUT2D eigenvalue weighted by Crippen LogP contribution is 2.19. The molecule has 118 valence electrons. The van der Waals surface area contributed by atoms with Gasteiger partial charge in [-0.3, -0.25) is 4.79 Å². The Bertz CT molecular complexity index is 457. The van der Waals surface area contributed by atoms with Crippen molar-refractivity contribution in [1.29, 1.82) is 0 Å². The third-order valence-corrected chi connectivity index (χ3v) is 3.54. The van der Waals surface area contributed by atoms with Crippen LogP contribution in [0.15, 0.2) is 24.3 Å². The molecule has 0 saturated carbocycles. The maximum Gasteiger partial charge on any atom is 0.221 e. The van der Waals surface area contributed by atoms with Crippen molar-refractivity contribution in [1.82, 2.24) is 10.2 Å². The van der Waals surface area contributed by atoms with E-state index >= 15 is 0 Å². The molecule has 4 heteroatoms. The van der Waals surface area contributed by atoms with Gasteiger partial charge in [-0.05, 0) is 44.6 Å². The number of likely N-dealkylation sites (N-methyl/N-ethyl adjacent to an activating group) is 1. The number of benzene rings is 1. The van der Waals surface area contributed by atoms with E-state index in [9.17, 15) is 4.79 Å². The van der Waals surface area contributed by atoms with Gasteiger partial charge >= 0.3 is 0 Å². The summed E-state index contributed by atoms with van der Waals surface area (Å²) in [4.78, 5) is 13.4. The lowest BCUT2D eigenvalue weighted by molar-refractivity contribution is -0.114. The monoisotopic (exact) mass is 291 g/mol. The van der Waals surface area contributed by atoms with Crippen LogP contribution < -0.4 is 10.6 Å². The molecule has 0 aliphatic rings. The van der Waals surface area contributed by atoms with Crippen molar-refractivity contribution in [3.8, 4) is 0 Å². The molecule has 0 bridgehead atoms. The topological polar surface area (TPSA) is 44.4 Å². The predicted molar refractivity (Wildman–Crippen MR) is 89.5 cm³/mol. The number of nitrogens with zero attached hydrogens (tertiary/aromatic N) is 1. The first kappa shape index (κ1) is 17.7. The fraction of sp³-hybridized carbons (Fsp3) is 0.588. The average Bonchev–Trinajstić information content (AvgIpc) is 2.36. The zero-order valence-electron chi connectivity index (χ0n) is 14.1. The summed E-state index contributed by atoms with van der Waals surface area (Å²) in [5.74, 6) is 0.522. The number of hydrogen-bond acceptors (Lipinski definition) is 3. The van der Waals surface area contributed by atoms with Gasteiger partial charge in [0.05, 0.1) is 0 Å². The molecule has 2 atom stereocenters. The summed E-state index contributed by atoms with van der Waals surface area (Å²) < 4.78 is 0. The Morgan fingerprint density at radius 1 is 1.24 bits per heavy atom. The van der Waals surface area contributed by atoms with E-state index in [4.69, 9.17) is 0 Å². The molecule has 2 unspecified atom stereocenters. The molecular weight excluding hydrogens is 262 g/mol. The molecule has 1 aromatic carbocycles. The van der Waals surface area contributed by atoms with Crippen LogP contribution in [0.2, 0.25) is 0 Å². The van der Waals surface area contributed by atoms with E-state index in [-0.39, 0.29) is 11.9 Å². The summed E-state index contributed by atoms with van der Waals surface area (Å²) in [6.07, 6.45) is 0. The van der Waals surface area contributed by atoms with E-state index in [1.807, 2.05) is 18.2 Å². The molecule has 21 heavy (non-hydrogen) atoms. The first-order chi connectivity index (χ1) is 9.79. The fourth-order valence-electron chi connectivity index (χ4n) is 2.36. The van der Waals surface area contributed by atoms with Gasteiger partial charge in [-0.2, -0.15) is 0 Å². The SMILES string of the molecule is CC(=O)Nc1cccc(C(C)NC(CN(C)C)C(C)C)c1. The summed E-state index contributed by atoms with van der Waals surface area (Å²) >= 11 is 0. The molecule has 1 amide bonds. The maximum absolute atomic E-state index is 11.2. The van der Waals surface area contributed by atoms with Crippen LogP contribution in [-0.4, -0.2) is 37.5 Å². The molecule has 0 aromatic heterocycles. The molecule has 0 fully saturated rings. The van der Waals surface area contributed by atoms with E-state index in [0.29, 0.717) is 12.0 Å². The quantitative estimate of drug-likeness (QED) is 0.812. The van der Waals surface area contributed by atoms with Crippen LogP contribution in [0.25, 0.3) is 0 Å². The van der Waals surface area contributed by atoms with Gasteiger partial charge in [0.1, 0.15) is 0 Å². The van der Waals surface area contributed by atoms with Crippen LogP contribution in [0, 0.1) is 5.92 Å². The predicted octanol–water partition coefficient (Wildman–Crippen LogP) is 2.88. The summed E-state index contributed by atoms with van der Waals surface area (Å²) in [6.45, 7) is 9.18. The Balaban J connectivity index is 2.77. The number of carbonyl (C=O) groups is 1. The minimum absolute atomic E-state index is 0.0413. The standard InChI is InChI=1S/C17H29N3O/c1-12(2)17(11-20(5)6)18-13(3)15-8-7-9-16(10-15)19-14(4)21/h7-10,12-13,17-18H,11H2,1-6H3,(H,19,21). The first-order valence-electron chi connectivity index (χ1n) is 7.58. The van der Waals surface area contributed by atoms with Crippen molar-refractivity contribution in [2.75, 3.05) is 26.0 Å². The van der Waals surface area contributed by atoms with Gasteiger partial charge < -0.3 is 15.5 Å². The van der Waals surface area contributed by atoms with Crippen molar-refractivity contribution in [2.24, 2.45) is 5.92 Å². The number of carbonyl (C=O) groups excluding carboxylic acids is 1. The zero-order chi connectivity index (χ0) is 16.0. The lowest BCUT2D eigenvalue weighted by Gasteiger charge is -2.29. The molecule has 0 radical (unpaired) electrons. The van der Waals surface area contributed by atoms with Crippen molar-refractivity contribution in [2.45, 2.75) is 39.8 Å². The van der Waals surface area contributed by atoms with Crippen LogP contribution in [0.3, 0.4) is 0 Å². The summed E-state index contributed by atoms with van der Waals surface area (Å²) in [5, 5.41) is 6.52. The maximum atomic E-state index is 11.2. The van der Waals surface area contributed by atoms with Crippen LogP contribution in [0.5, 0.6) is 0 Å². The number of nitrogens with one attached hydrogen (secondary N) is 2. The Morgan fingerprint density at radius 3 is 2.43 bits per heavy atom. The van der Waals surface area contributed by atoms with Gasteiger partial charge in [0.2, 0.25) is 5.91 Å². The molecule has 2 N–H and O–H groups in total. The van der Waals surface area contributed by atoms with Crippen LogP contribution in [0.1, 0.15) is 39.3 Å². The molecule has 1 rings (SSSR count). The summed E-state index contributed by atoms with van der Waals surface area (Å²) in [7, 11) is 4.19. The minimum Gasteiger partial charge on any atom is -0.326 e. The second-order valence-electron chi connectivity index (χ2n) is 6.31. The van der Waals surface area contributed by atoms with Gasteiger partial charge in [0.15, 0.2) is 0 Å². The Labute approximate surface area is 128 Å². The fourth-order valence-corrected chi connectivity index (χ4v) is 2.36. The molecule has 0 spiro atoms. The lowest BCUT2D eigenvalue weighted by Crippen LogP contribution is -2.43. The number of rotatable bonds is 7. The third-order valence-electron chi connectivity index (χ3n) is 3.54. The molecule has 1 aromatic rings. The van der Waals surface area contributed by atoms with Crippen molar-refractivity contribution in [3.05, 3.63) is 29.8 Å². The molecule has 0 aliphatic heterocycles. The summed E-state index contributed by atoms with van der Waals surface area (Å²) in [6, 6.07) is 8.69. The average molecular weight is 291 g/mol. The smallest absolute Gasteiger partial charge is 0.221 e. The second-order valence-corrected chi connectivity index (χ2v) is 6.31. The van der Waals surface area contributed by atoms with E-state index in [2.05, 4.69) is 56.5 Å². The highest BCUT2D eigenvalue weighted by Gasteiger charge is 2.17. The number of hydrogen-bond donors (Lipinski definition) is 2. The zero-order valence-corrected chi connectivity index (χ0v) is 14.1. The normalized spacial score (nSPS) is 14.3. The van der Waals surface area contributed by atoms with Gasteiger partial charge in [-0.15, -0.1) is 0 Å². The number of anilines is 1. The molecular formula is C17H29N3O. The second kappa shape index (κ2) is 8.15. The minimum atomic E-state index is -0.0413. The van der Waals surface area contributed by atoms with Gasteiger partial charge in [-0.25, -0.2) is 0 Å². The van der Waals surface area contributed by atoms with Crippen molar-refractivity contribution in [3.63, 3.8) is 0 Å². The summed E-state index contributed by atoms with van der Waals surface area (Å²) in [5.41, 5.74) is 2.04. The number of amides is 1. The van der Waals surface area contributed by atoms with E-state index < -0.39 is 0 Å². The van der Waals surface area contributed by atoms with Gasteiger partial charge in [-0.1, -0.05) is 26.0 Å². The van der Waals surface area contributed by atoms with E-state index in [1.54, 1.807) is 0 Å².